The normalized spacial score (nSPS) is 12.6. The maximum absolute atomic E-state index is 12.8. The highest BCUT2D eigenvalue weighted by Gasteiger charge is 2.52. The molecule has 0 saturated carbocycles. The molecule has 0 bridgehead atoms. The van der Waals surface area contributed by atoms with Gasteiger partial charge < -0.3 is 29.4 Å². The second-order valence-electron chi connectivity index (χ2n) is 24.9. The van der Waals surface area contributed by atoms with E-state index >= 15 is 0 Å². The number of carbonyl (C=O) groups is 4. The molecule has 1 saturated heterocycles. The van der Waals surface area contributed by atoms with Crippen molar-refractivity contribution in [1.29, 1.82) is 0 Å². The number of hydrogen-bond donors (Lipinski definition) is 2. The summed E-state index contributed by atoms with van der Waals surface area (Å²) < 4.78 is 25.4. The van der Waals surface area contributed by atoms with Gasteiger partial charge in [-0.15, -0.1) is 55.5 Å². The number of ether oxygens (including phenoxy) is 2. The number of methoxy groups -OCH3 is 2. The van der Waals surface area contributed by atoms with Crippen LogP contribution in [0.15, 0.2) is 110 Å². The van der Waals surface area contributed by atoms with Gasteiger partial charge in [-0.1, -0.05) is 23.7 Å². The number of nitrogens with zero attached hydrogens (tertiary/aromatic N) is 18. The van der Waals surface area contributed by atoms with Gasteiger partial charge >= 0.3 is 19.1 Å². The summed E-state index contributed by atoms with van der Waals surface area (Å²) in [5, 5.41) is 33.7. The summed E-state index contributed by atoms with van der Waals surface area (Å²) in [6.07, 6.45) is 13.9. The number of nitrogens with one attached hydrogen (secondary N) is 2. The molecule has 1 aliphatic heterocycles. The van der Waals surface area contributed by atoms with Crippen molar-refractivity contribution in [3.63, 3.8) is 0 Å². The van der Waals surface area contributed by atoms with Crippen molar-refractivity contribution in [3.8, 4) is 54.4 Å². The van der Waals surface area contributed by atoms with Gasteiger partial charge in [-0.25, -0.2) is 53.8 Å². The van der Waals surface area contributed by atoms with Crippen LogP contribution in [0.2, 0.25) is 5.02 Å². The number of rotatable bonds is 14. The molecule has 13 heterocycles. The summed E-state index contributed by atoms with van der Waals surface area (Å²) in [5.74, 6) is 0.289. The van der Waals surface area contributed by atoms with Crippen LogP contribution in [-0.4, -0.2) is 147 Å². The highest BCUT2D eigenvalue weighted by Crippen LogP contribution is 2.37. The largest absolute Gasteiger partial charge is 0.507 e. The van der Waals surface area contributed by atoms with E-state index in [1.807, 2.05) is 108 Å². The molecule has 1 aliphatic rings. The third-order valence-electron chi connectivity index (χ3n) is 15.8. The van der Waals surface area contributed by atoms with E-state index in [-0.39, 0.29) is 47.9 Å². The average Bonchev–Trinajstić information content (AvgIpc) is 1.63. The zero-order valence-electron chi connectivity index (χ0n) is 60.5. The van der Waals surface area contributed by atoms with Gasteiger partial charge in [0.25, 0.3) is 11.8 Å². The molecule has 12 aromatic rings. The molecule has 2 amide bonds. The Bertz CT molecular complexity index is 4830. The number of aromatic nitrogens is 18. The Hall–Kier alpha value is -10.3. The Kier molecular flexibility index (Phi) is 25.7. The highest BCUT2D eigenvalue weighted by molar-refractivity contribution is 7.22. The topological polar surface area (TPSA) is 345 Å². The van der Waals surface area contributed by atoms with Crippen molar-refractivity contribution in [2.75, 3.05) is 24.9 Å². The number of aryl methyl sites for hydroxylation is 8. The van der Waals surface area contributed by atoms with E-state index in [1.54, 1.807) is 128 Å². The quantitative estimate of drug-likeness (QED) is 0.0754. The van der Waals surface area contributed by atoms with Crippen LogP contribution in [0, 0.1) is 55.4 Å². The SMILES string of the molecule is COC(=O)c1cc(-c2cnc(C)s2)c(C)cn1.COC(=O)c1cc(Cl)c(C)cn1.Cc1ncc(-c2cc(C(=O)Nc3cccc(-c4nnnn4C(C)C)n3)ncc2C)s1.Cc1ncc(-c2cc(C(=O)Nc3cccc(-c4nnnn4C(C)C)n3)ncc2C)s1.Cc1ncc(B2OC(C)(C)C(C)(C)O2)s1. The van der Waals surface area contributed by atoms with Crippen LogP contribution in [0.3, 0.4) is 0 Å². The van der Waals surface area contributed by atoms with Crippen molar-refractivity contribution in [2.45, 2.75) is 134 Å². The molecule has 13 rings (SSSR count). The van der Waals surface area contributed by atoms with Gasteiger partial charge in [-0.2, -0.15) is 0 Å². The number of hydrogen-bond acceptors (Lipinski definition) is 28. The number of halogens is 1. The van der Waals surface area contributed by atoms with Crippen LogP contribution < -0.4 is 15.4 Å². The molecule has 0 aliphatic carbocycles. The molecule has 12 aromatic heterocycles. The summed E-state index contributed by atoms with van der Waals surface area (Å²) in [7, 11) is 2.39. The lowest BCUT2D eigenvalue weighted by Gasteiger charge is -2.32. The fourth-order valence-electron chi connectivity index (χ4n) is 9.49. The molecule has 0 spiro atoms. The summed E-state index contributed by atoms with van der Waals surface area (Å²) in [4.78, 5) is 93.5. The number of amides is 2. The molecule has 34 heteroatoms. The first-order valence-corrected chi connectivity index (χ1v) is 36.0. The predicted molar refractivity (Wildman–Crippen MR) is 402 cm³/mol. The van der Waals surface area contributed by atoms with Crippen LogP contribution in [-0.2, 0) is 18.8 Å². The fraction of sp³-hybridized carbons (Fsp3) is 0.314. The monoisotopic (exact) mass is 1500 g/mol. The Balaban J connectivity index is 0.000000158. The van der Waals surface area contributed by atoms with E-state index in [1.165, 1.54) is 26.5 Å². The molecule has 2 N–H and O–H groups in total. The van der Waals surface area contributed by atoms with Crippen LogP contribution in [0.5, 0.6) is 0 Å². The fourth-order valence-corrected chi connectivity index (χ4v) is 13.0. The first kappa shape index (κ1) is 77.9. The van der Waals surface area contributed by atoms with E-state index < -0.39 is 11.9 Å². The zero-order chi connectivity index (χ0) is 75.3. The van der Waals surface area contributed by atoms with Crippen molar-refractivity contribution in [3.05, 3.63) is 180 Å². The number of anilines is 2. The van der Waals surface area contributed by atoms with Gasteiger partial charge in [0, 0.05) is 71.3 Å². The van der Waals surface area contributed by atoms with Crippen molar-refractivity contribution in [1.82, 2.24) is 90.3 Å². The standard InChI is InChI=1S/2C20H20N8OS.C12H12N2O2S.C10H16BNO2S.C8H8ClNO2/c2*1-11(2)28-19(25-26-27-28)15-6-5-7-18(23-15)24-20(29)16-8-14(12(3)9-22-16)17-10-21-13(4)30-17;1-7-5-14-10(12(15)16-3)4-9(7)11-6-13-8(2)17-11;1-7-12-6-8(15-7)11-13-9(2,3)10(4,5)14-11;1-5-4-10-7(3-6(5)9)8(11)12-2/h2*5-11H,1-4H3,(H,23,24,29);4-6H,1-3H3;6H,1-5H3;3-4H,1-2H3. The predicted octanol–water partition coefficient (Wildman–Crippen LogP) is 13.6. The molecular formula is C70H76BClN20O8S4. The minimum Gasteiger partial charge on any atom is -0.464 e. The van der Waals surface area contributed by atoms with Crippen molar-refractivity contribution in [2.24, 2.45) is 0 Å². The number of esters is 2. The van der Waals surface area contributed by atoms with Crippen LogP contribution in [0.1, 0.15) is 152 Å². The van der Waals surface area contributed by atoms with Gasteiger partial charge in [0.15, 0.2) is 0 Å². The van der Waals surface area contributed by atoms with Crippen molar-refractivity contribution >= 4 is 104 Å². The number of pyridine rings is 6. The van der Waals surface area contributed by atoms with E-state index in [0.717, 1.165) is 78.4 Å². The second-order valence-corrected chi connectivity index (χ2v) is 30.2. The van der Waals surface area contributed by atoms with Gasteiger partial charge in [0.2, 0.25) is 11.6 Å². The highest BCUT2D eigenvalue weighted by atomic mass is 35.5. The van der Waals surface area contributed by atoms with E-state index in [0.29, 0.717) is 56.8 Å². The third kappa shape index (κ3) is 19.5. The second kappa shape index (κ2) is 34.3. The lowest BCUT2D eigenvalue weighted by Crippen LogP contribution is -2.41. The number of thiazole rings is 4. The van der Waals surface area contributed by atoms with Gasteiger partial charge in [-0.3, -0.25) is 24.5 Å². The van der Waals surface area contributed by atoms with Crippen LogP contribution in [0.4, 0.5) is 11.6 Å². The Morgan fingerprint density at radius 2 is 0.837 bits per heavy atom. The summed E-state index contributed by atoms with van der Waals surface area (Å²) in [5.41, 5.74) is 8.45. The molecule has 538 valence electrons. The molecule has 0 atom stereocenters. The third-order valence-corrected chi connectivity index (χ3v) is 20.0. The molecule has 1 fully saturated rings. The van der Waals surface area contributed by atoms with E-state index in [4.69, 9.17) is 20.9 Å². The minimum atomic E-state index is -0.475. The van der Waals surface area contributed by atoms with Crippen molar-refractivity contribution < 1.29 is 38.0 Å². The van der Waals surface area contributed by atoms with Crippen LogP contribution >= 0.6 is 56.9 Å². The lowest BCUT2D eigenvalue weighted by molar-refractivity contribution is 0.00578. The number of carbonyl (C=O) groups excluding carboxylic acids is 4. The van der Waals surface area contributed by atoms with Gasteiger partial charge in [0.1, 0.15) is 45.8 Å². The maximum atomic E-state index is 12.8. The first-order valence-electron chi connectivity index (χ1n) is 32.3. The zero-order valence-corrected chi connectivity index (χ0v) is 64.5. The lowest BCUT2D eigenvalue weighted by atomic mass is 9.89. The Labute approximate surface area is 622 Å². The molecule has 0 unspecified atom stereocenters. The Morgan fingerprint density at radius 3 is 1.18 bits per heavy atom. The van der Waals surface area contributed by atoms with Gasteiger partial charge in [-0.05, 0) is 202 Å². The maximum Gasteiger partial charge on any atom is 0.507 e. The van der Waals surface area contributed by atoms with E-state index in [9.17, 15) is 19.2 Å². The Morgan fingerprint density at radius 1 is 0.481 bits per heavy atom. The minimum absolute atomic E-state index is 0.0839. The van der Waals surface area contributed by atoms with E-state index in [2.05, 4.69) is 129 Å². The molecule has 0 radical (unpaired) electrons. The summed E-state index contributed by atoms with van der Waals surface area (Å²) in [6.45, 7) is 31.7. The molecule has 104 heavy (non-hydrogen) atoms. The molecule has 28 nitrogen and oxygen atoms in total. The summed E-state index contributed by atoms with van der Waals surface area (Å²) in [6, 6.07) is 17.6. The summed E-state index contributed by atoms with van der Waals surface area (Å²) >= 11 is 12.1. The van der Waals surface area contributed by atoms with Gasteiger partial charge in [0.05, 0.1) is 76.9 Å². The average molecular weight is 1500 g/mol. The molecular weight excluding hydrogens is 1420 g/mol. The first-order chi connectivity index (χ1) is 49.4. The molecule has 0 aromatic carbocycles. The van der Waals surface area contributed by atoms with Crippen LogP contribution in [0.25, 0.3) is 54.4 Å². The number of tetrazole rings is 2. The smallest absolute Gasteiger partial charge is 0.464 e.